The lowest BCUT2D eigenvalue weighted by molar-refractivity contribution is -0.296. The van der Waals surface area contributed by atoms with Crippen LogP contribution in [0.2, 0.25) is 0 Å². The molecule has 1 N–H and O–H groups in total. The van der Waals surface area contributed by atoms with Gasteiger partial charge in [0.2, 0.25) is 0 Å². The SMILES string of the molecule is C=C1CO[C@]2(C)C(CC)OC(=O)[C@H](C)C(=O)[C@H](C)[C@@H](O[C@H]3O[C@@H](C)CC(N(C)C)[C@@H]3O)C(C)(OCC#Cc3ccc(-c4cccs4)nc3)CC(C)C(=O)C(C)C12. The van der Waals surface area contributed by atoms with Crippen LogP contribution in [0.25, 0.3) is 10.6 Å². The second-order valence-electron chi connectivity index (χ2n) is 16.6. The van der Waals surface area contributed by atoms with E-state index in [0.717, 1.165) is 16.1 Å². The Labute approximate surface area is 336 Å². The number of likely N-dealkylation sites (N-methyl/N-ethyl adjacent to an activating group) is 1. The highest BCUT2D eigenvalue weighted by molar-refractivity contribution is 7.13. The van der Waals surface area contributed by atoms with E-state index in [1.54, 1.807) is 31.4 Å². The Morgan fingerprint density at radius 3 is 2.43 bits per heavy atom. The summed E-state index contributed by atoms with van der Waals surface area (Å²) in [6.45, 7) is 18.9. The Morgan fingerprint density at radius 1 is 1.07 bits per heavy atom. The van der Waals surface area contributed by atoms with E-state index in [2.05, 4.69) is 23.4 Å². The largest absolute Gasteiger partial charge is 0.459 e. The van der Waals surface area contributed by atoms with Crippen molar-refractivity contribution in [3.05, 3.63) is 53.6 Å². The third-order valence-corrected chi connectivity index (χ3v) is 13.0. The van der Waals surface area contributed by atoms with Crippen molar-refractivity contribution in [3.8, 4) is 22.4 Å². The van der Waals surface area contributed by atoms with Gasteiger partial charge in [-0.2, -0.15) is 0 Å². The second-order valence-corrected chi connectivity index (χ2v) is 17.5. The van der Waals surface area contributed by atoms with E-state index in [9.17, 15) is 19.5 Å². The van der Waals surface area contributed by atoms with Crippen molar-refractivity contribution in [2.45, 2.75) is 123 Å². The van der Waals surface area contributed by atoms with Crippen LogP contribution >= 0.6 is 11.3 Å². The van der Waals surface area contributed by atoms with Crippen molar-refractivity contribution in [1.29, 1.82) is 0 Å². The van der Waals surface area contributed by atoms with Crippen LogP contribution in [0, 0.1) is 41.4 Å². The summed E-state index contributed by atoms with van der Waals surface area (Å²) in [7, 11) is 3.77. The number of cyclic esters (lactones) is 1. The van der Waals surface area contributed by atoms with Crippen LogP contribution in [-0.2, 0) is 38.1 Å². The molecular weight excluding hydrogens is 733 g/mol. The number of hydrogen-bond donors (Lipinski definition) is 1. The number of rotatable bonds is 7. The van der Waals surface area contributed by atoms with Gasteiger partial charge in [-0.05, 0) is 90.2 Å². The Balaban J connectivity index is 1.55. The molecule has 0 amide bonds. The van der Waals surface area contributed by atoms with Crippen LogP contribution in [0.1, 0.15) is 80.2 Å². The number of carbonyl (C=O) groups excluding carboxylic acids is 3. The third-order valence-electron chi connectivity index (χ3n) is 12.1. The molecule has 13 atom stereocenters. The zero-order chi connectivity index (χ0) is 41.1. The highest BCUT2D eigenvalue weighted by Crippen LogP contribution is 2.46. The molecule has 0 saturated carbocycles. The first kappa shape index (κ1) is 43.8. The highest BCUT2D eigenvalue weighted by atomic mass is 32.1. The summed E-state index contributed by atoms with van der Waals surface area (Å²) in [6, 6.07) is 7.52. The van der Waals surface area contributed by atoms with Crippen molar-refractivity contribution >= 4 is 28.9 Å². The average Bonchev–Trinajstić information content (AvgIpc) is 3.82. The van der Waals surface area contributed by atoms with E-state index < -0.39 is 77.1 Å². The van der Waals surface area contributed by atoms with Gasteiger partial charge in [-0.3, -0.25) is 19.4 Å². The molecule has 5 heterocycles. The lowest BCUT2D eigenvalue weighted by Crippen LogP contribution is -2.59. The number of nitrogens with zero attached hydrogens (tertiary/aromatic N) is 2. The van der Waals surface area contributed by atoms with E-state index in [1.165, 1.54) is 6.92 Å². The molecule has 0 spiro atoms. The van der Waals surface area contributed by atoms with Gasteiger partial charge in [0.25, 0.3) is 0 Å². The number of carbonyl (C=O) groups is 3. The van der Waals surface area contributed by atoms with Crippen molar-refractivity contribution in [1.82, 2.24) is 9.88 Å². The lowest BCUT2D eigenvalue weighted by atomic mass is 9.69. The highest BCUT2D eigenvalue weighted by Gasteiger charge is 2.55. The quantitative estimate of drug-likeness (QED) is 0.151. The number of pyridine rings is 1. The summed E-state index contributed by atoms with van der Waals surface area (Å²) in [6.07, 6.45) is -1.45. The van der Waals surface area contributed by atoms with Crippen LogP contribution in [0.5, 0.6) is 0 Å². The normalized spacial score (nSPS) is 37.4. The number of ketones is 2. The summed E-state index contributed by atoms with van der Waals surface area (Å²) in [5.74, 6) is 1.33. The standard InChI is InChI=1S/C44H60N2O9S/c1-12-35-44(9)36(26(3)24-52-44)28(5)37(47)25(2)22-43(8,51-19-13-15-31-17-18-32(45-23-31)34-16-14-20-56-34)40(29(6)38(48)30(7)41(50)54-35)55-42-39(49)33(46(10)11)21-27(4)53-42/h14,16-18,20,23,25,27-30,33,35-36,39-40,42,49H,3,12,19,21-22,24H2,1-2,4-11H3/t25?,27-,28?,29-,30+,33?,35?,36?,39-,40+,42+,43?,44+/m0/s1. The summed E-state index contributed by atoms with van der Waals surface area (Å²) in [5, 5.41) is 13.6. The maximum absolute atomic E-state index is 14.6. The fraction of sp³-hybridized carbons (Fsp3) is 0.636. The van der Waals surface area contributed by atoms with Crippen molar-refractivity contribution in [2.75, 3.05) is 27.3 Å². The molecule has 0 aliphatic carbocycles. The first-order valence-electron chi connectivity index (χ1n) is 19.8. The van der Waals surface area contributed by atoms with Gasteiger partial charge >= 0.3 is 5.97 Å². The zero-order valence-electron chi connectivity index (χ0n) is 34.6. The Bertz CT molecular complexity index is 1770. The lowest BCUT2D eigenvalue weighted by Gasteiger charge is -2.47. The maximum Gasteiger partial charge on any atom is 0.316 e. The van der Waals surface area contributed by atoms with E-state index in [0.29, 0.717) is 18.4 Å². The fourth-order valence-electron chi connectivity index (χ4n) is 9.03. The predicted octanol–water partition coefficient (Wildman–Crippen LogP) is 6.12. The van der Waals surface area contributed by atoms with Gasteiger partial charge in [-0.15, -0.1) is 11.3 Å². The number of aromatic nitrogens is 1. The van der Waals surface area contributed by atoms with E-state index in [-0.39, 0.29) is 37.6 Å². The molecule has 2 aromatic heterocycles. The minimum absolute atomic E-state index is 0.0507. The average molecular weight is 793 g/mol. The molecule has 3 saturated heterocycles. The van der Waals surface area contributed by atoms with Gasteiger partial charge in [0, 0.05) is 41.5 Å². The van der Waals surface area contributed by atoms with Gasteiger partial charge in [0.15, 0.2) is 12.1 Å². The first-order chi connectivity index (χ1) is 26.4. The first-order valence-corrected chi connectivity index (χ1v) is 20.7. The molecule has 0 bridgehead atoms. The van der Waals surface area contributed by atoms with Crippen molar-refractivity contribution < 1.29 is 43.2 Å². The number of hydrogen-bond acceptors (Lipinski definition) is 12. The molecule has 12 heteroatoms. The monoisotopic (exact) mass is 792 g/mol. The Hall–Kier alpha value is -3.28. The number of thiophene rings is 1. The Morgan fingerprint density at radius 2 is 1.80 bits per heavy atom. The molecule has 5 rings (SSSR count). The third kappa shape index (κ3) is 9.20. The smallest absolute Gasteiger partial charge is 0.316 e. The molecule has 3 aliphatic rings. The molecule has 2 aromatic rings. The molecule has 306 valence electrons. The van der Waals surface area contributed by atoms with Crippen LogP contribution in [0.3, 0.4) is 0 Å². The van der Waals surface area contributed by atoms with Crippen molar-refractivity contribution in [2.24, 2.45) is 29.6 Å². The topological polar surface area (TPSA) is 134 Å². The number of aliphatic hydroxyl groups excluding tert-OH is 1. The van der Waals surface area contributed by atoms with Crippen LogP contribution in [0.4, 0.5) is 0 Å². The summed E-state index contributed by atoms with van der Waals surface area (Å²) >= 11 is 1.61. The van der Waals surface area contributed by atoms with Gasteiger partial charge < -0.3 is 33.7 Å². The molecule has 56 heavy (non-hydrogen) atoms. The number of aliphatic hydroxyl groups is 1. The van der Waals surface area contributed by atoms with E-state index in [1.807, 2.05) is 83.3 Å². The second kappa shape index (κ2) is 18.1. The Kier molecular flexibility index (Phi) is 14.2. The van der Waals surface area contributed by atoms with E-state index in [4.69, 9.17) is 23.7 Å². The number of Topliss-reactive ketones (excluding diaryl/α,β-unsaturated/α-hetero) is 2. The minimum Gasteiger partial charge on any atom is -0.459 e. The molecule has 11 nitrogen and oxygen atoms in total. The fourth-order valence-corrected chi connectivity index (χ4v) is 9.73. The van der Waals surface area contributed by atoms with Gasteiger partial charge in [-0.1, -0.05) is 52.2 Å². The van der Waals surface area contributed by atoms with Gasteiger partial charge in [0.05, 0.1) is 35.0 Å². The summed E-state index contributed by atoms with van der Waals surface area (Å²) < 4.78 is 32.1. The molecule has 3 fully saturated rings. The molecule has 0 aromatic carbocycles. The van der Waals surface area contributed by atoms with Gasteiger partial charge in [0.1, 0.15) is 36.1 Å². The van der Waals surface area contributed by atoms with Crippen LogP contribution < -0.4 is 0 Å². The van der Waals surface area contributed by atoms with Crippen molar-refractivity contribution in [3.63, 3.8) is 0 Å². The molecular formula is C44H60N2O9S. The number of ether oxygens (including phenoxy) is 5. The predicted molar refractivity (Wildman–Crippen MR) is 215 cm³/mol. The minimum atomic E-state index is -1.34. The maximum atomic E-state index is 14.6. The summed E-state index contributed by atoms with van der Waals surface area (Å²) in [4.78, 5) is 50.4. The van der Waals surface area contributed by atoms with E-state index >= 15 is 0 Å². The zero-order valence-corrected chi connectivity index (χ0v) is 35.4. The molecule has 3 aliphatic heterocycles. The van der Waals surface area contributed by atoms with Gasteiger partial charge in [-0.25, -0.2) is 0 Å². The molecule has 6 unspecified atom stereocenters. The van der Waals surface area contributed by atoms with Crippen LogP contribution in [0.15, 0.2) is 48.0 Å². The molecule has 0 radical (unpaired) electrons. The number of esters is 1. The summed E-state index contributed by atoms with van der Waals surface area (Å²) in [5.41, 5.74) is -0.0679. The van der Waals surface area contributed by atoms with Crippen LogP contribution in [-0.4, -0.2) is 108 Å². The number of fused-ring (bicyclic) bond motifs is 1.